The molecule has 27 heavy (non-hydrogen) atoms. The summed E-state index contributed by atoms with van der Waals surface area (Å²) in [6.45, 7) is 5.26. The third kappa shape index (κ3) is 4.76. The van der Waals surface area contributed by atoms with E-state index in [4.69, 9.17) is 0 Å². The lowest BCUT2D eigenvalue weighted by Gasteiger charge is -2.08. The molecule has 3 N–H and O–H groups in total. The summed E-state index contributed by atoms with van der Waals surface area (Å²) in [4.78, 5) is 27.4. The number of rotatable bonds is 7. The number of amides is 2. The SMILES string of the molecule is CC(C)c1ccc(C(=O)NCCCNC(=O)c2cc3ccccc3[nH]2)cc1. The van der Waals surface area contributed by atoms with Gasteiger partial charge in [0.2, 0.25) is 0 Å². The zero-order chi connectivity index (χ0) is 19.2. The summed E-state index contributed by atoms with van der Waals surface area (Å²) in [5, 5.41) is 6.77. The van der Waals surface area contributed by atoms with Crippen molar-refractivity contribution in [2.45, 2.75) is 26.2 Å². The van der Waals surface area contributed by atoms with Gasteiger partial charge in [-0.15, -0.1) is 0 Å². The van der Waals surface area contributed by atoms with Gasteiger partial charge in [0.25, 0.3) is 11.8 Å². The lowest BCUT2D eigenvalue weighted by molar-refractivity contribution is 0.0948. The molecule has 3 aromatic rings. The highest BCUT2D eigenvalue weighted by molar-refractivity contribution is 5.98. The Bertz CT molecular complexity index is 893. The van der Waals surface area contributed by atoms with Crippen LogP contribution in [0.5, 0.6) is 0 Å². The summed E-state index contributed by atoms with van der Waals surface area (Å²) >= 11 is 0. The smallest absolute Gasteiger partial charge is 0.267 e. The molecule has 0 atom stereocenters. The van der Waals surface area contributed by atoms with E-state index < -0.39 is 0 Å². The van der Waals surface area contributed by atoms with Crippen molar-refractivity contribution < 1.29 is 9.59 Å². The Morgan fingerprint density at radius 2 is 1.59 bits per heavy atom. The average molecular weight is 363 g/mol. The van der Waals surface area contributed by atoms with E-state index >= 15 is 0 Å². The van der Waals surface area contributed by atoms with Gasteiger partial charge in [0, 0.05) is 29.6 Å². The Morgan fingerprint density at radius 1 is 0.926 bits per heavy atom. The van der Waals surface area contributed by atoms with E-state index in [1.807, 2.05) is 54.6 Å². The number of aromatic amines is 1. The van der Waals surface area contributed by atoms with Crippen LogP contribution in [-0.2, 0) is 0 Å². The molecule has 1 heterocycles. The van der Waals surface area contributed by atoms with Crippen LogP contribution in [-0.4, -0.2) is 29.9 Å². The van der Waals surface area contributed by atoms with Gasteiger partial charge < -0.3 is 15.6 Å². The molecule has 2 amide bonds. The lowest BCUT2D eigenvalue weighted by Crippen LogP contribution is -2.30. The summed E-state index contributed by atoms with van der Waals surface area (Å²) < 4.78 is 0. The fourth-order valence-electron chi connectivity index (χ4n) is 2.90. The quantitative estimate of drug-likeness (QED) is 0.558. The van der Waals surface area contributed by atoms with Gasteiger partial charge in [-0.3, -0.25) is 9.59 Å². The highest BCUT2D eigenvalue weighted by atomic mass is 16.2. The van der Waals surface area contributed by atoms with Crippen molar-refractivity contribution in [1.29, 1.82) is 0 Å². The first kappa shape index (κ1) is 18.7. The maximum absolute atomic E-state index is 12.2. The van der Waals surface area contributed by atoms with Gasteiger partial charge in [0.1, 0.15) is 5.69 Å². The molecule has 140 valence electrons. The fourth-order valence-corrected chi connectivity index (χ4v) is 2.90. The van der Waals surface area contributed by atoms with E-state index in [9.17, 15) is 9.59 Å². The van der Waals surface area contributed by atoms with Gasteiger partial charge in [-0.05, 0) is 42.2 Å². The number of carbonyl (C=O) groups is 2. The van der Waals surface area contributed by atoms with E-state index in [0.29, 0.717) is 36.7 Å². The van der Waals surface area contributed by atoms with Gasteiger partial charge in [-0.2, -0.15) is 0 Å². The zero-order valence-electron chi connectivity index (χ0n) is 15.7. The molecule has 2 aromatic carbocycles. The molecule has 0 unspecified atom stereocenters. The predicted octanol–water partition coefficient (Wildman–Crippen LogP) is 3.84. The highest BCUT2D eigenvalue weighted by Gasteiger charge is 2.09. The van der Waals surface area contributed by atoms with Crippen molar-refractivity contribution >= 4 is 22.7 Å². The van der Waals surface area contributed by atoms with Crippen LogP contribution in [0, 0.1) is 0 Å². The minimum atomic E-state index is -0.137. The minimum absolute atomic E-state index is 0.0905. The first-order chi connectivity index (χ1) is 13.0. The highest BCUT2D eigenvalue weighted by Crippen LogP contribution is 2.15. The molecule has 0 bridgehead atoms. The number of nitrogens with one attached hydrogen (secondary N) is 3. The van der Waals surface area contributed by atoms with Gasteiger partial charge in [-0.1, -0.05) is 44.2 Å². The molecule has 0 saturated heterocycles. The van der Waals surface area contributed by atoms with Crippen LogP contribution >= 0.6 is 0 Å². The second kappa shape index (κ2) is 8.54. The van der Waals surface area contributed by atoms with Gasteiger partial charge >= 0.3 is 0 Å². The zero-order valence-corrected chi connectivity index (χ0v) is 15.7. The van der Waals surface area contributed by atoms with Crippen LogP contribution < -0.4 is 10.6 Å². The number of carbonyl (C=O) groups excluding carboxylic acids is 2. The van der Waals surface area contributed by atoms with Crippen LogP contribution in [0.15, 0.2) is 54.6 Å². The number of H-pyrrole nitrogens is 1. The van der Waals surface area contributed by atoms with Crippen molar-refractivity contribution in [2.75, 3.05) is 13.1 Å². The van der Waals surface area contributed by atoms with E-state index in [1.54, 1.807) is 0 Å². The maximum atomic E-state index is 12.2. The summed E-state index contributed by atoms with van der Waals surface area (Å²) in [7, 11) is 0. The van der Waals surface area contributed by atoms with E-state index in [1.165, 1.54) is 5.56 Å². The number of fused-ring (bicyclic) bond motifs is 1. The summed E-state index contributed by atoms with van der Waals surface area (Å²) in [6, 6.07) is 17.3. The number of hydrogen-bond acceptors (Lipinski definition) is 2. The Kier molecular flexibility index (Phi) is 5.91. The van der Waals surface area contributed by atoms with Crippen molar-refractivity contribution in [2.24, 2.45) is 0 Å². The molecule has 0 saturated carbocycles. The third-order valence-electron chi connectivity index (χ3n) is 4.54. The first-order valence-electron chi connectivity index (χ1n) is 9.28. The molecule has 0 radical (unpaired) electrons. The molecule has 0 aliphatic carbocycles. The number of hydrogen-bond donors (Lipinski definition) is 3. The van der Waals surface area contributed by atoms with Crippen LogP contribution in [0.25, 0.3) is 10.9 Å². The maximum Gasteiger partial charge on any atom is 0.267 e. The lowest BCUT2D eigenvalue weighted by atomic mass is 10.0. The molecule has 3 rings (SSSR count). The average Bonchev–Trinajstić information content (AvgIpc) is 3.12. The van der Waals surface area contributed by atoms with Crippen molar-refractivity contribution in [3.63, 3.8) is 0 Å². The van der Waals surface area contributed by atoms with Gasteiger partial charge in [0.15, 0.2) is 0 Å². The number of para-hydroxylation sites is 1. The summed E-state index contributed by atoms with van der Waals surface area (Å²) in [5.74, 6) is 0.219. The molecule has 5 nitrogen and oxygen atoms in total. The van der Waals surface area contributed by atoms with Crippen molar-refractivity contribution in [3.8, 4) is 0 Å². The molecular formula is C22H25N3O2. The summed E-state index contributed by atoms with van der Waals surface area (Å²) in [5.41, 5.74) is 3.36. The summed E-state index contributed by atoms with van der Waals surface area (Å²) in [6.07, 6.45) is 0.668. The fraction of sp³-hybridized carbons (Fsp3) is 0.273. The van der Waals surface area contributed by atoms with Crippen molar-refractivity contribution in [1.82, 2.24) is 15.6 Å². The molecule has 0 fully saturated rings. The number of aromatic nitrogens is 1. The normalized spacial score (nSPS) is 10.9. The topological polar surface area (TPSA) is 74.0 Å². The van der Waals surface area contributed by atoms with Crippen LogP contribution in [0.2, 0.25) is 0 Å². The Hall–Kier alpha value is -3.08. The van der Waals surface area contributed by atoms with Crippen LogP contribution in [0.3, 0.4) is 0 Å². The van der Waals surface area contributed by atoms with E-state index in [-0.39, 0.29) is 11.8 Å². The van der Waals surface area contributed by atoms with Crippen molar-refractivity contribution in [3.05, 3.63) is 71.4 Å². The largest absolute Gasteiger partial charge is 0.352 e. The first-order valence-corrected chi connectivity index (χ1v) is 9.28. The molecule has 0 aliphatic rings. The van der Waals surface area contributed by atoms with Gasteiger partial charge in [0.05, 0.1) is 0 Å². The molecule has 5 heteroatoms. The Labute approximate surface area is 159 Å². The van der Waals surface area contributed by atoms with E-state index in [2.05, 4.69) is 29.5 Å². The number of benzene rings is 2. The molecular weight excluding hydrogens is 338 g/mol. The second-order valence-electron chi connectivity index (χ2n) is 6.91. The second-order valence-corrected chi connectivity index (χ2v) is 6.91. The Balaban J connectivity index is 1.40. The minimum Gasteiger partial charge on any atom is -0.352 e. The molecule has 1 aromatic heterocycles. The molecule has 0 aliphatic heterocycles. The van der Waals surface area contributed by atoms with Crippen LogP contribution in [0.1, 0.15) is 52.6 Å². The third-order valence-corrected chi connectivity index (χ3v) is 4.54. The standard InChI is InChI=1S/C22H25N3O2/c1-15(2)16-8-10-17(11-9-16)21(26)23-12-5-13-24-22(27)20-14-18-6-3-4-7-19(18)25-20/h3-4,6-11,14-15,25H,5,12-13H2,1-2H3,(H,23,26)(H,24,27). The van der Waals surface area contributed by atoms with E-state index in [0.717, 1.165) is 10.9 Å². The Morgan fingerprint density at radius 3 is 2.26 bits per heavy atom. The predicted molar refractivity (Wildman–Crippen MR) is 108 cm³/mol. The van der Waals surface area contributed by atoms with Gasteiger partial charge in [-0.25, -0.2) is 0 Å². The van der Waals surface area contributed by atoms with Crippen LogP contribution in [0.4, 0.5) is 0 Å². The molecule has 0 spiro atoms. The monoisotopic (exact) mass is 363 g/mol.